The smallest absolute Gasteiger partial charge is 0.127 e. The Hall–Kier alpha value is -7.42. The van der Waals surface area contributed by atoms with Crippen molar-refractivity contribution >= 4 is 17.1 Å². The number of hydrogen-bond donors (Lipinski definition) is 0. The van der Waals surface area contributed by atoms with Crippen LogP contribution in [-0.2, 0) is 10.8 Å². The molecule has 0 radical (unpaired) electrons. The van der Waals surface area contributed by atoms with Crippen LogP contribution in [0.3, 0.4) is 0 Å². The molecule has 2 unspecified atom stereocenters. The lowest BCUT2D eigenvalue weighted by molar-refractivity contribution is 0.481. The van der Waals surface area contributed by atoms with E-state index in [4.69, 9.17) is 4.74 Å². The Bertz CT molecular complexity index is 3230. The maximum atomic E-state index is 6.53. The van der Waals surface area contributed by atoms with Crippen molar-refractivity contribution in [1.29, 1.82) is 0 Å². The Kier molecular flexibility index (Phi) is 10.2. The minimum absolute atomic E-state index is 0.143. The number of nitrogens with zero attached hydrogens (tertiary/aromatic N) is 1. The molecule has 2 aliphatic rings. The Morgan fingerprint density at radius 3 is 1.58 bits per heavy atom. The molecule has 0 aliphatic heterocycles. The molecule has 0 saturated carbocycles. The van der Waals surface area contributed by atoms with Crippen molar-refractivity contribution in [1.82, 2.24) is 0 Å². The van der Waals surface area contributed by atoms with Crippen molar-refractivity contribution < 1.29 is 4.74 Å². The summed E-state index contributed by atoms with van der Waals surface area (Å²) in [6, 6.07) is 76.5. The number of anilines is 3. The largest absolute Gasteiger partial charge is 0.457 e. The van der Waals surface area contributed by atoms with Crippen molar-refractivity contribution in [3.63, 3.8) is 0 Å². The lowest BCUT2D eigenvalue weighted by Gasteiger charge is -2.35. The lowest BCUT2D eigenvalue weighted by atomic mass is 9.67. The molecule has 66 heavy (non-hydrogen) atoms. The highest BCUT2D eigenvalue weighted by Gasteiger charge is 2.47. The molecule has 0 saturated heterocycles. The van der Waals surface area contributed by atoms with Crippen LogP contribution in [0.2, 0.25) is 0 Å². The van der Waals surface area contributed by atoms with Crippen LogP contribution < -0.4 is 9.64 Å². The molecule has 9 aromatic rings. The van der Waals surface area contributed by atoms with Crippen LogP contribution in [0, 0.1) is 13.8 Å². The molecule has 9 aromatic carbocycles. The van der Waals surface area contributed by atoms with Crippen LogP contribution in [0.1, 0.15) is 90.1 Å². The molecule has 0 amide bonds. The summed E-state index contributed by atoms with van der Waals surface area (Å²) in [5, 5.41) is 0. The molecule has 0 heterocycles. The highest BCUT2D eigenvalue weighted by atomic mass is 16.5. The molecule has 11 rings (SSSR count). The van der Waals surface area contributed by atoms with E-state index in [2.05, 4.69) is 253 Å². The van der Waals surface area contributed by atoms with Gasteiger partial charge in [0.2, 0.25) is 0 Å². The van der Waals surface area contributed by atoms with Crippen molar-refractivity contribution in [2.45, 2.75) is 64.7 Å². The number of ether oxygens (including phenoxy) is 1. The van der Waals surface area contributed by atoms with Gasteiger partial charge in [0, 0.05) is 22.5 Å². The van der Waals surface area contributed by atoms with Crippen molar-refractivity contribution in [3.05, 3.63) is 256 Å². The van der Waals surface area contributed by atoms with Crippen LogP contribution in [-0.4, -0.2) is 0 Å². The molecule has 2 atom stereocenters. The Morgan fingerprint density at radius 2 is 0.939 bits per heavy atom. The second-order valence-corrected chi connectivity index (χ2v) is 19.1. The van der Waals surface area contributed by atoms with E-state index in [-0.39, 0.29) is 5.41 Å². The van der Waals surface area contributed by atoms with E-state index in [1.807, 2.05) is 0 Å². The molecular formula is C64H55NO. The van der Waals surface area contributed by atoms with Crippen molar-refractivity contribution in [2.75, 3.05) is 4.90 Å². The van der Waals surface area contributed by atoms with Gasteiger partial charge in [-0.05, 0) is 159 Å². The second kappa shape index (κ2) is 16.2. The monoisotopic (exact) mass is 853 g/mol. The van der Waals surface area contributed by atoms with Crippen LogP contribution in [0.25, 0.3) is 33.4 Å². The zero-order valence-electron chi connectivity index (χ0n) is 38.8. The molecule has 2 aliphatic carbocycles. The van der Waals surface area contributed by atoms with Gasteiger partial charge in [-0.15, -0.1) is 0 Å². The summed E-state index contributed by atoms with van der Waals surface area (Å²) in [6.07, 6.45) is 1.11. The predicted molar refractivity (Wildman–Crippen MR) is 276 cm³/mol. The zero-order chi connectivity index (χ0) is 45.2. The SMILES string of the molecule is CCC(C)c1ccc(Oc2ccc(C3(c4cc(C)cc(C)c4)c4ccccc4-c4ccc(N(c5ccc(-c6ccccc6)cc5)c5ccc6c(c5)C(C)(C)c5ccccc5-6)cc43)cc2)cc1. The first-order valence-electron chi connectivity index (χ1n) is 23.5. The summed E-state index contributed by atoms with van der Waals surface area (Å²) in [7, 11) is 0. The van der Waals surface area contributed by atoms with E-state index in [1.54, 1.807) is 0 Å². The van der Waals surface area contributed by atoms with E-state index in [0.29, 0.717) is 5.92 Å². The third-order valence-electron chi connectivity index (χ3n) is 14.6. The molecule has 322 valence electrons. The summed E-state index contributed by atoms with van der Waals surface area (Å²) in [6.45, 7) is 13.7. The van der Waals surface area contributed by atoms with Gasteiger partial charge >= 0.3 is 0 Å². The van der Waals surface area contributed by atoms with Gasteiger partial charge in [0.05, 0.1) is 5.41 Å². The number of benzene rings is 9. The highest BCUT2D eigenvalue weighted by Crippen LogP contribution is 2.58. The van der Waals surface area contributed by atoms with Gasteiger partial charge in [0.15, 0.2) is 0 Å². The molecular weight excluding hydrogens is 799 g/mol. The molecule has 0 bridgehead atoms. The van der Waals surface area contributed by atoms with Gasteiger partial charge < -0.3 is 9.64 Å². The van der Waals surface area contributed by atoms with Crippen LogP contribution in [0.15, 0.2) is 206 Å². The van der Waals surface area contributed by atoms with E-state index in [9.17, 15) is 0 Å². The fourth-order valence-corrected chi connectivity index (χ4v) is 11.1. The third-order valence-corrected chi connectivity index (χ3v) is 14.6. The summed E-state index contributed by atoms with van der Waals surface area (Å²) in [5.41, 5.74) is 21.7. The maximum Gasteiger partial charge on any atom is 0.127 e. The topological polar surface area (TPSA) is 12.5 Å². The van der Waals surface area contributed by atoms with Crippen molar-refractivity contribution in [3.8, 4) is 44.9 Å². The first-order valence-corrected chi connectivity index (χ1v) is 23.5. The quantitative estimate of drug-likeness (QED) is 0.136. The average molecular weight is 854 g/mol. The Balaban J connectivity index is 1.10. The number of hydrogen-bond acceptors (Lipinski definition) is 2. The van der Waals surface area contributed by atoms with Gasteiger partial charge in [-0.1, -0.05) is 184 Å². The molecule has 0 N–H and O–H groups in total. The molecule has 2 nitrogen and oxygen atoms in total. The summed E-state index contributed by atoms with van der Waals surface area (Å²) < 4.78 is 6.53. The van der Waals surface area contributed by atoms with Gasteiger partial charge in [0.25, 0.3) is 0 Å². The first kappa shape index (κ1) is 41.3. The lowest BCUT2D eigenvalue weighted by Crippen LogP contribution is -2.29. The molecule has 0 fully saturated rings. The van der Waals surface area contributed by atoms with E-state index < -0.39 is 5.41 Å². The highest BCUT2D eigenvalue weighted by molar-refractivity contribution is 5.91. The zero-order valence-corrected chi connectivity index (χ0v) is 38.8. The van der Waals surface area contributed by atoms with Gasteiger partial charge in [0.1, 0.15) is 11.5 Å². The van der Waals surface area contributed by atoms with E-state index in [1.165, 1.54) is 83.5 Å². The van der Waals surface area contributed by atoms with Crippen molar-refractivity contribution in [2.24, 2.45) is 0 Å². The molecule has 0 spiro atoms. The standard InChI is InChI=1S/C64H55NO/c1-7-44(4)45-23-31-53(32-24-45)66-54-33-25-48(26-34-54)64(49-38-42(2)37-43(3)39-49)60-20-14-12-18-56(60)58-36-30-52(41-62(58)64)65(50-27-21-47(22-28-50)46-15-9-8-10-16-46)51-29-35-57-55-17-11-13-19-59(55)63(5,6)61(57)40-51/h8-41,44H,7H2,1-6H3. The minimum atomic E-state index is -0.612. The normalized spacial score (nSPS) is 15.6. The summed E-state index contributed by atoms with van der Waals surface area (Å²) >= 11 is 0. The first-order chi connectivity index (χ1) is 32.1. The molecule has 2 heteroatoms. The summed E-state index contributed by atoms with van der Waals surface area (Å²) in [4.78, 5) is 2.47. The van der Waals surface area contributed by atoms with Crippen LogP contribution >= 0.6 is 0 Å². The number of aryl methyl sites for hydroxylation is 2. The van der Waals surface area contributed by atoms with Gasteiger partial charge in [-0.2, -0.15) is 0 Å². The van der Waals surface area contributed by atoms with Gasteiger partial charge in [-0.3, -0.25) is 0 Å². The minimum Gasteiger partial charge on any atom is -0.457 e. The predicted octanol–water partition coefficient (Wildman–Crippen LogP) is 17.4. The van der Waals surface area contributed by atoms with E-state index >= 15 is 0 Å². The Morgan fingerprint density at radius 1 is 0.439 bits per heavy atom. The maximum absolute atomic E-state index is 6.53. The Labute approximate surface area is 390 Å². The molecule has 0 aromatic heterocycles. The average Bonchev–Trinajstić information content (AvgIpc) is 3.77. The van der Waals surface area contributed by atoms with E-state index in [0.717, 1.165) is 35.0 Å². The van der Waals surface area contributed by atoms with Crippen LogP contribution in [0.4, 0.5) is 17.1 Å². The number of fused-ring (bicyclic) bond motifs is 6. The third kappa shape index (κ3) is 6.78. The second-order valence-electron chi connectivity index (χ2n) is 19.1. The fourth-order valence-electron chi connectivity index (χ4n) is 11.1. The summed E-state index contributed by atoms with van der Waals surface area (Å²) in [5.74, 6) is 2.18. The number of rotatable bonds is 10. The van der Waals surface area contributed by atoms with Crippen LogP contribution in [0.5, 0.6) is 11.5 Å². The fraction of sp³-hybridized carbons (Fsp3) is 0.156. The van der Waals surface area contributed by atoms with Gasteiger partial charge in [-0.25, -0.2) is 0 Å².